The van der Waals surface area contributed by atoms with Gasteiger partial charge in [0.2, 0.25) is 5.91 Å². The van der Waals surface area contributed by atoms with Crippen molar-refractivity contribution in [3.63, 3.8) is 0 Å². The van der Waals surface area contributed by atoms with Gasteiger partial charge in [0.25, 0.3) is 0 Å². The number of ether oxygens (including phenoxy) is 1. The lowest BCUT2D eigenvalue weighted by atomic mass is 10.1. The number of hydrogen-bond acceptors (Lipinski definition) is 3. The van der Waals surface area contributed by atoms with Crippen LogP contribution < -0.4 is 5.32 Å². The van der Waals surface area contributed by atoms with Crippen molar-refractivity contribution in [2.45, 2.75) is 25.8 Å². The lowest BCUT2D eigenvalue weighted by Crippen LogP contribution is -2.25. The van der Waals surface area contributed by atoms with E-state index in [0.717, 1.165) is 24.0 Å². The molecule has 0 bridgehead atoms. The summed E-state index contributed by atoms with van der Waals surface area (Å²) in [5, 5.41) is 7.13. The number of carbonyl (C=O) groups is 1. The van der Waals surface area contributed by atoms with Crippen LogP contribution in [0.5, 0.6) is 0 Å². The average molecular weight is 319 g/mol. The monoisotopic (exact) mass is 319 g/mol. The molecule has 23 heavy (non-hydrogen) atoms. The Morgan fingerprint density at radius 1 is 1.26 bits per heavy atom. The van der Waals surface area contributed by atoms with Crippen molar-refractivity contribution in [2.75, 3.05) is 20.3 Å². The van der Waals surface area contributed by atoms with Gasteiger partial charge in [-0.3, -0.25) is 9.48 Å². The second-order valence-corrected chi connectivity index (χ2v) is 5.30. The van der Waals surface area contributed by atoms with Crippen molar-refractivity contribution in [3.05, 3.63) is 42.5 Å². The molecule has 0 fully saturated rings. The highest BCUT2D eigenvalue weighted by Gasteiger charge is 2.04. The summed E-state index contributed by atoms with van der Waals surface area (Å²) in [6.07, 6.45) is 5.67. The second-order valence-electron chi connectivity index (χ2n) is 5.30. The first-order valence-electron chi connectivity index (χ1n) is 7.73. The van der Waals surface area contributed by atoms with Gasteiger partial charge in [0.15, 0.2) is 0 Å². The van der Waals surface area contributed by atoms with Gasteiger partial charge in [-0.25, -0.2) is 4.39 Å². The quantitative estimate of drug-likeness (QED) is 0.723. The Hall–Kier alpha value is -2.21. The largest absolute Gasteiger partial charge is 0.385 e. The van der Waals surface area contributed by atoms with Gasteiger partial charge in [-0.2, -0.15) is 5.10 Å². The zero-order valence-electron chi connectivity index (χ0n) is 13.3. The highest BCUT2D eigenvalue weighted by atomic mass is 19.1. The van der Waals surface area contributed by atoms with E-state index in [9.17, 15) is 9.18 Å². The number of benzene rings is 1. The summed E-state index contributed by atoms with van der Waals surface area (Å²) in [4.78, 5) is 11.6. The van der Waals surface area contributed by atoms with Gasteiger partial charge >= 0.3 is 0 Å². The maximum atomic E-state index is 12.9. The van der Waals surface area contributed by atoms with Crippen LogP contribution in [-0.4, -0.2) is 35.9 Å². The summed E-state index contributed by atoms with van der Waals surface area (Å²) in [6, 6.07) is 6.31. The van der Waals surface area contributed by atoms with Crippen molar-refractivity contribution in [1.82, 2.24) is 15.1 Å². The van der Waals surface area contributed by atoms with E-state index >= 15 is 0 Å². The molecule has 0 saturated heterocycles. The number of carbonyl (C=O) groups excluding carboxylic acids is 1. The van der Waals surface area contributed by atoms with E-state index in [4.69, 9.17) is 4.74 Å². The Kier molecular flexibility index (Phi) is 6.75. The minimum atomic E-state index is -0.252. The molecule has 1 heterocycles. The van der Waals surface area contributed by atoms with E-state index in [0.29, 0.717) is 26.1 Å². The maximum absolute atomic E-state index is 12.9. The summed E-state index contributed by atoms with van der Waals surface area (Å²) in [5.41, 5.74) is 1.86. The van der Waals surface area contributed by atoms with Crippen LogP contribution >= 0.6 is 0 Å². The van der Waals surface area contributed by atoms with Gasteiger partial charge in [0.05, 0.1) is 6.20 Å². The molecule has 0 spiro atoms. The third-order valence-electron chi connectivity index (χ3n) is 3.45. The molecule has 2 rings (SSSR count). The molecule has 2 aromatic rings. The molecule has 1 aromatic carbocycles. The summed E-state index contributed by atoms with van der Waals surface area (Å²) in [6.45, 7) is 1.97. The number of nitrogens with one attached hydrogen (secondary N) is 1. The molecule has 5 nitrogen and oxygen atoms in total. The summed E-state index contributed by atoms with van der Waals surface area (Å²) in [7, 11) is 1.64. The first-order valence-corrected chi connectivity index (χ1v) is 7.73. The minimum absolute atomic E-state index is 0.0482. The Balaban J connectivity index is 1.72. The third-order valence-corrected chi connectivity index (χ3v) is 3.45. The lowest BCUT2D eigenvalue weighted by molar-refractivity contribution is -0.121. The second kappa shape index (κ2) is 9.05. The zero-order chi connectivity index (χ0) is 16.5. The number of methoxy groups -OCH3 is 1. The lowest BCUT2D eigenvalue weighted by Gasteiger charge is -2.05. The van der Waals surface area contributed by atoms with Crippen molar-refractivity contribution in [3.8, 4) is 11.1 Å². The highest BCUT2D eigenvalue weighted by molar-refractivity contribution is 5.75. The summed E-state index contributed by atoms with van der Waals surface area (Å²) < 4.78 is 19.6. The fraction of sp³-hybridized carbons (Fsp3) is 0.412. The average Bonchev–Trinajstić information content (AvgIpc) is 3.01. The Bertz CT molecular complexity index is 611. The maximum Gasteiger partial charge on any atom is 0.220 e. The van der Waals surface area contributed by atoms with Crippen LogP contribution in [0, 0.1) is 5.82 Å². The van der Waals surface area contributed by atoms with E-state index in [-0.39, 0.29) is 11.7 Å². The van der Waals surface area contributed by atoms with Crippen LogP contribution in [0.15, 0.2) is 36.7 Å². The molecule has 0 radical (unpaired) electrons. The van der Waals surface area contributed by atoms with Crippen LogP contribution in [0.4, 0.5) is 4.39 Å². The molecular formula is C17H22FN3O2. The molecule has 0 aliphatic carbocycles. The summed E-state index contributed by atoms with van der Waals surface area (Å²) >= 11 is 0. The molecule has 0 atom stereocenters. The Morgan fingerprint density at radius 3 is 2.78 bits per heavy atom. The van der Waals surface area contributed by atoms with Gasteiger partial charge in [-0.05, 0) is 30.5 Å². The molecule has 0 aliphatic rings. The number of hydrogen-bond donors (Lipinski definition) is 1. The molecule has 124 valence electrons. The number of rotatable bonds is 9. The standard InChI is InChI=1S/C17H22FN3O2/c1-23-11-3-9-19-17(22)4-2-10-21-13-15(12-20-21)14-5-7-16(18)8-6-14/h5-8,12-13H,2-4,9-11H2,1H3,(H,19,22). The Morgan fingerprint density at radius 2 is 2.04 bits per heavy atom. The molecule has 1 aromatic heterocycles. The number of nitrogens with zero attached hydrogens (tertiary/aromatic N) is 2. The molecule has 1 amide bonds. The number of aromatic nitrogens is 2. The van der Waals surface area contributed by atoms with Crippen LogP contribution in [0.2, 0.25) is 0 Å². The number of amides is 1. The predicted molar refractivity (Wildman–Crippen MR) is 86.4 cm³/mol. The molecule has 0 saturated carbocycles. The molecule has 1 N–H and O–H groups in total. The van der Waals surface area contributed by atoms with Crippen molar-refractivity contribution in [2.24, 2.45) is 0 Å². The van der Waals surface area contributed by atoms with E-state index in [1.54, 1.807) is 30.1 Å². The third kappa shape index (κ3) is 5.83. The zero-order valence-corrected chi connectivity index (χ0v) is 13.3. The van der Waals surface area contributed by atoms with Crippen molar-refractivity contribution >= 4 is 5.91 Å². The number of halogens is 1. The topological polar surface area (TPSA) is 56.1 Å². The van der Waals surface area contributed by atoms with E-state index in [2.05, 4.69) is 10.4 Å². The van der Waals surface area contributed by atoms with Crippen molar-refractivity contribution < 1.29 is 13.9 Å². The van der Waals surface area contributed by atoms with Gasteiger partial charge in [-0.1, -0.05) is 12.1 Å². The number of aryl methyl sites for hydroxylation is 1. The van der Waals surface area contributed by atoms with Crippen LogP contribution in [0.1, 0.15) is 19.3 Å². The highest BCUT2D eigenvalue weighted by Crippen LogP contribution is 2.18. The van der Waals surface area contributed by atoms with Gasteiger partial charge in [0.1, 0.15) is 5.82 Å². The van der Waals surface area contributed by atoms with Crippen molar-refractivity contribution in [1.29, 1.82) is 0 Å². The smallest absolute Gasteiger partial charge is 0.220 e. The van der Waals surface area contributed by atoms with Gasteiger partial charge < -0.3 is 10.1 Å². The normalized spacial score (nSPS) is 10.7. The van der Waals surface area contributed by atoms with Crippen LogP contribution in [0.3, 0.4) is 0 Å². The molecule has 0 aliphatic heterocycles. The summed E-state index contributed by atoms with van der Waals surface area (Å²) in [5.74, 6) is -0.204. The van der Waals surface area contributed by atoms with Crippen LogP contribution in [-0.2, 0) is 16.1 Å². The van der Waals surface area contributed by atoms with E-state index in [1.807, 2.05) is 6.20 Å². The Labute approximate surface area is 135 Å². The first kappa shape index (κ1) is 17.1. The fourth-order valence-corrected chi connectivity index (χ4v) is 2.21. The minimum Gasteiger partial charge on any atom is -0.385 e. The molecule has 6 heteroatoms. The fourth-order valence-electron chi connectivity index (χ4n) is 2.21. The first-order chi connectivity index (χ1) is 11.2. The van der Waals surface area contributed by atoms with Gasteiger partial charge in [-0.15, -0.1) is 0 Å². The SMILES string of the molecule is COCCCNC(=O)CCCn1cc(-c2ccc(F)cc2)cn1. The molecule has 0 unspecified atom stereocenters. The van der Waals surface area contributed by atoms with E-state index < -0.39 is 0 Å². The van der Waals surface area contributed by atoms with Gasteiger partial charge in [0, 0.05) is 45.0 Å². The molecular weight excluding hydrogens is 297 g/mol. The predicted octanol–water partition coefficient (Wildman–Crippen LogP) is 2.62. The van der Waals surface area contributed by atoms with E-state index in [1.165, 1.54) is 12.1 Å². The van der Waals surface area contributed by atoms with Crippen LogP contribution in [0.25, 0.3) is 11.1 Å².